The van der Waals surface area contributed by atoms with Crippen LogP contribution in [-0.4, -0.2) is 19.2 Å². The number of aromatic nitrogens is 1. The number of sulfonamides is 1. The van der Waals surface area contributed by atoms with Crippen molar-refractivity contribution in [3.05, 3.63) is 59.4 Å². The molecular formula is C15H16N2O3S. The first kappa shape index (κ1) is 15.3. The predicted molar refractivity (Wildman–Crippen MR) is 79.4 cm³/mol. The highest BCUT2D eigenvalue weighted by Gasteiger charge is 2.15. The molecule has 21 heavy (non-hydrogen) atoms. The summed E-state index contributed by atoms with van der Waals surface area (Å²) in [5.74, 6) is -0.173. The SMILES string of the molecule is CC(=O)c1cccc(S(=O)(=O)NCc2ncccc2C)c1. The van der Waals surface area contributed by atoms with E-state index in [1.807, 2.05) is 13.0 Å². The fourth-order valence-corrected chi connectivity index (χ4v) is 2.87. The molecule has 0 aliphatic heterocycles. The van der Waals surface area contributed by atoms with E-state index in [1.165, 1.54) is 19.1 Å². The Morgan fingerprint density at radius 2 is 2.00 bits per heavy atom. The van der Waals surface area contributed by atoms with Crippen molar-refractivity contribution in [1.82, 2.24) is 9.71 Å². The molecular weight excluding hydrogens is 288 g/mol. The van der Waals surface area contributed by atoms with Gasteiger partial charge < -0.3 is 0 Å². The van der Waals surface area contributed by atoms with Crippen LogP contribution in [0.3, 0.4) is 0 Å². The Hall–Kier alpha value is -2.05. The van der Waals surface area contributed by atoms with Crippen LogP contribution in [0.2, 0.25) is 0 Å². The minimum absolute atomic E-state index is 0.0729. The van der Waals surface area contributed by atoms with Crippen molar-refractivity contribution < 1.29 is 13.2 Å². The normalized spacial score (nSPS) is 11.3. The van der Waals surface area contributed by atoms with Crippen LogP contribution in [0.15, 0.2) is 47.5 Å². The second kappa shape index (κ2) is 6.15. The number of Topliss-reactive ketones (excluding diaryl/α,β-unsaturated/α-hetero) is 1. The minimum Gasteiger partial charge on any atom is -0.295 e. The third kappa shape index (κ3) is 3.74. The van der Waals surface area contributed by atoms with Crippen molar-refractivity contribution in [2.75, 3.05) is 0 Å². The summed E-state index contributed by atoms with van der Waals surface area (Å²) in [7, 11) is -3.67. The van der Waals surface area contributed by atoms with Gasteiger partial charge in [-0.3, -0.25) is 9.78 Å². The fraction of sp³-hybridized carbons (Fsp3) is 0.200. The molecule has 6 heteroatoms. The molecule has 0 fully saturated rings. The second-order valence-electron chi connectivity index (χ2n) is 4.68. The fourth-order valence-electron chi connectivity index (χ4n) is 1.83. The molecule has 0 spiro atoms. The quantitative estimate of drug-likeness (QED) is 0.858. The third-order valence-corrected chi connectivity index (χ3v) is 4.50. The zero-order valence-electron chi connectivity index (χ0n) is 11.8. The molecule has 1 aromatic heterocycles. The number of nitrogens with zero attached hydrogens (tertiary/aromatic N) is 1. The van der Waals surface area contributed by atoms with Crippen LogP contribution >= 0.6 is 0 Å². The lowest BCUT2D eigenvalue weighted by atomic mass is 10.2. The van der Waals surface area contributed by atoms with E-state index in [-0.39, 0.29) is 17.2 Å². The zero-order valence-corrected chi connectivity index (χ0v) is 12.6. The monoisotopic (exact) mass is 304 g/mol. The number of hydrogen-bond donors (Lipinski definition) is 1. The van der Waals surface area contributed by atoms with Gasteiger partial charge in [-0.05, 0) is 37.6 Å². The van der Waals surface area contributed by atoms with Crippen LogP contribution in [0.5, 0.6) is 0 Å². The summed E-state index contributed by atoms with van der Waals surface area (Å²) in [6.45, 7) is 3.38. The van der Waals surface area contributed by atoms with E-state index in [4.69, 9.17) is 0 Å². The Bertz CT molecular complexity index is 770. The molecule has 0 atom stereocenters. The topological polar surface area (TPSA) is 76.1 Å². The Morgan fingerprint density at radius 1 is 1.24 bits per heavy atom. The van der Waals surface area contributed by atoms with Gasteiger partial charge in [0.2, 0.25) is 10.0 Å². The summed E-state index contributed by atoms with van der Waals surface area (Å²) in [6.07, 6.45) is 1.62. The van der Waals surface area contributed by atoms with E-state index in [0.717, 1.165) is 5.56 Å². The summed E-state index contributed by atoms with van der Waals surface area (Å²) in [6, 6.07) is 9.63. The molecule has 1 N–H and O–H groups in total. The van der Waals surface area contributed by atoms with Crippen LogP contribution in [0.25, 0.3) is 0 Å². The van der Waals surface area contributed by atoms with Gasteiger partial charge >= 0.3 is 0 Å². The van der Waals surface area contributed by atoms with Gasteiger partial charge in [0.15, 0.2) is 5.78 Å². The molecule has 0 bridgehead atoms. The largest absolute Gasteiger partial charge is 0.295 e. The van der Waals surface area contributed by atoms with Crippen molar-refractivity contribution in [2.24, 2.45) is 0 Å². The van der Waals surface area contributed by atoms with Gasteiger partial charge in [-0.15, -0.1) is 0 Å². The van der Waals surface area contributed by atoms with E-state index >= 15 is 0 Å². The van der Waals surface area contributed by atoms with Crippen LogP contribution in [0.1, 0.15) is 28.5 Å². The summed E-state index contributed by atoms with van der Waals surface area (Å²) >= 11 is 0. The highest BCUT2D eigenvalue weighted by molar-refractivity contribution is 7.89. The number of hydrogen-bond acceptors (Lipinski definition) is 4. The molecule has 0 saturated carbocycles. The number of rotatable bonds is 5. The standard InChI is InChI=1S/C15H16N2O3S/c1-11-5-4-8-16-15(11)10-17-21(19,20)14-7-3-6-13(9-14)12(2)18/h3-9,17H,10H2,1-2H3. The van der Waals surface area contributed by atoms with Crippen LogP contribution < -0.4 is 4.72 Å². The molecule has 5 nitrogen and oxygen atoms in total. The molecule has 2 aromatic rings. The van der Waals surface area contributed by atoms with E-state index in [0.29, 0.717) is 11.3 Å². The highest BCUT2D eigenvalue weighted by Crippen LogP contribution is 2.13. The van der Waals surface area contributed by atoms with Crippen LogP contribution in [-0.2, 0) is 16.6 Å². The van der Waals surface area contributed by atoms with E-state index in [1.54, 1.807) is 24.4 Å². The van der Waals surface area contributed by atoms with Gasteiger partial charge in [0, 0.05) is 11.8 Å². The van der Waals surface area contributed by atoms with Gasteiger partial charge in [-0.25, -0.2) is 13.1 Å². The highest BCUT2D eigenvalue weighted by atomic mass is 32.2. The number of carbonyl (C=O) groups excluding carboxylic acids is 1. The number of ketones is 1. The zero-order chi connectivity index (χ0) is 15.5. The molecule has 0 unspecified atom stereocenters. The Kier molecular flexibility index (Phi) is 4.50. The molecule has 0 amide bonds. The lowest BCUT2D eigenvalue weighted by molar-refractivity contribution is 0.101. The average Bonchev–Trinajstić information content (AvgIpc) is 2.46. The lowest BCUT2D eigenvalue weighted by Crippen LogP contribution is -2.24. The predicted octanol–water partition coefficient (Wildman–Crippen LogP) is 2.07. The average molecular weight is 304 g/mol. The Labute approximate surface area is 124 Å². The van der Waals surface area contributed by atoms with Crippen LogP contribution in [0, 0.1) is 6.92 Å². The van der Waals surface area contributed by atoms with Gasteiger partial charge in [0.05, 0.1) is 17.1 Å². The number of pyridine rings is 1. The number of benzene rings is 1. The van der Waals surface area contributed by atoms with Gasteiger partial charge in [-0.2, -0.15) is 0 Å². The van der Waals surface area contributed by atoms with Crippen molar-refractivity contribution in [1.29, 1.82) is 0 Å². The van der Waals surface area contributed by atoms with Crippen molar-refractivity contribution >= 4 is 15.8 Å². The number of nitrogens with one attached hydrogen (secondary N) is 1. The van der Waals surface area contributed by atoms with E-state index < -0.39 is 10.0 Å². The maximum atomic E-state index is 12.2. The Morgan fingerprint density at radius 3 is 2.67 bits per heavy atom. The minimum atomic E-state index is -3.67. The molecule has 1 aromatic carbocycles. The first-order chi connectivity index (χ1) is 9.90. The van der Waals surface area contributed by atoms with E-state index in [9.17, 15) is 13.2 Å². The maximum Gasteiger partial charge on any atom is 0.240 e. The summed E-state index contributed by atoms with van der Waals surface area (Å²) < 4.78 is 27.0. The molecule has 110 valence electrons. The third-order valence-electron chi connectivity index (χ3n) is 3.10. The molecule has 0 aliphatic rings. The van der Waals surface area contributed by atoms with Gasteiger partial charge in [-0.1, -0.05) is 18.2 Å². The number of aryl methyl sites for hydroxylation is 1. The summed E-state index contributed by atoms with van der Waals surface area (Å²) in [5, 5.41) is 0. The van der Waals surface area contributed by atoms with Crippen molar-refractivity contribution in [3.63, 3.8) is 0 Å². The first-order valence-electron chi connectivity index (χ1n) is 6.41. The molecule has 2 rings (SSSR count). The molecule has 0 saturated heterocycles. The van der Waals surface area contributed by atoms with E-state index in [2.05, 4.69) is 9.71 Å². The van der Waals surface area contributed by atoms with Crippen molar-refractivity contribution in [2.45, 2.75) is 25.3 Å². The molecule has 1 heterocycles. The first-order valence-corrected chi connectivity index (χ1v) is 7.89. The smallest absolute Gasteiger partial charge is 0.240 e. The van der Waals surface area contributed by atoms with Crippen LogP contribution in [0.4, 0.5) is 0 Å². The van der Waals surface area contributed by atoms with Gasteiger partial charge in [0.25, 0.3) is 0 Å². The lowest BCUT2D eigenvalue weighted by Gasteiger charge is -2.08. The van der Waals surface area contributed by atoms with Gasteiger partial charge in [0.1, 0.15) is 0 Å². The Balaban J connectivity index is 2.21. The molecule has 0 aliphatic carbocycles. The van der Waals surface area contributed by atoms with Crippen molar-refractivity contribution in [3.8, 4) is 0 Å². The maximum absolute atomic E-state index is 12.2. The summed E-state index contributed by atoms with van der Waals surface area (Å²) in [5.41, 5.74) is 1.95. The second-order valence-corrected chi connectivity index (χ2v) is 6.44. The molecule has 0 radical (unpaired) electrons. The summed E-state index contributed by atoms with van der Waals surface area (Å²) in [4.78, 5) is 15.5. The number of carbonyl (C=O) groups is 1.